The highest BCUT2D eigenvalue weighted by atomic mass is 32.2. The average Bonchev–Trinajstić information content (AvgIpc) is 3.45. The Morgan fingerprint density at radius 1 is 1.21 bits per heavy atom. The van der Waals surface area contributed by atoms with Crippen LogP contribution < -0.4 is 5.32 Å². The zero-order chi connectivity index (χ0) is 20.6. The number of carbonyl (C=O) groups is 1. The molecule has 3 heterocycles. The summed E-state index contributed by atoms with van der Waals surface area (Å²) in [6.45, 7) is 0.362. The van der Waals surface area contributed by atoms with Crippen LogP contribution in [0.5, 0.6) is 0 Å². The zero-order valence-electron chi connectivity index (χ0n) is 14.7. The topological polar surface area (TPSA) is 92.3 Å². The molecule has 29 heavy (non-hydrogen) atoms. The first kappa shape index (κ1) is 20.0. The van der Waals surface area contributed by atoms with Crippen molar-refractivity contribution >= 4 is 44.3 Å². The number of hydrogen-bond acceptors (Lipinski definition) is 7. The first-order chi connectivity index (χ1) is 13.9. The molecule has 4 rings (SSSR count). The SMILES string of the molecule is O=C(Nc1ccc(F)c(F)c1)c1nnc([C@@H]2CCCN2S(=O)(=O)c2cccs2)s1. The molecule has 0 unspecified atom stereocenters. The van der Waals surface area contributed by atoms with Crippen LogP contribution in [0, 0.1) is 11.6 Å². The van der Waals surface area contributed by atoms with Crippen LogP contribution in [0.25, 0.3) is 0 Å². The van der Waals surface area contributed by atoms with E-state index >= 15 is 0 Å². The van der Waals surface area contributed by atoms with Gasteiger partial charge in [-0.25, -0.2) is 17.2 Å². The molecule has 1 aliphatic heterocycles. The summed E-state index contributed by atoms with van der Waals surface area (Å²) in [5.74, 6) is -2.74. The molecular weight excluding hydrogens is 442 g/mol. The summed E-state index contributed by atoms with van der Waals surface area (Å²) in [5, 5.41) is 12.4. The molecule has 1 amide bonds. The highest BCUT2D eigenvalue weighted by Crippen LogP contribution is 2.38. The van der Waals surface area contributed by atoms with Crippen LogP contribution in [-0.4, -0.2) is 35.4 Å². The quantitative estimate of drug-likeness (QED) is 0.633. The zero-order valence-corrected chi connectivity index (χ0v) is 17.2. The number of nitrogens with one attached hydrogen (secondary N) is 1. The van der Waals surface area contributed by atoms with Gasteiger partial charge in [0.2, 0.25) is 5.01 Å². The molecule has 0 radical (unpaired) electrons. The van der Waals surface area contributed by atoms with Crippen molar-refractivity contribution in [1.82, 2.24) is 14.5 Å². The van der Waals surface area contributed by atoms with Gasteiger partial charge in [0.15, 0.2) is 11.6 Å². The Bertz CT molecular complexity index is 1150. The number of anilines is 1. The molecule has 152 valence electrons. The molecule has 1 saturated heterocycles. The number of carbonyl (C=O) groups excluding carboxylic acids is 1. The average molecular weight is 457 g/mol. The number of halogens is 2. The molecule has 1 fully saturated rings. The van der Waals surface area contributed by atoms with Gasteiger partial charge in [-0.05, 0) is 36.4 Å². The molecule has 1 atom stereocenters. The first-order valence-corrected chi connectivity index (χ1v) is 11.6. The fourth-order valence-electron chi connectivity index (χ4n) is 3.02. The molecule has 0 spiro atoms. The maximum atomic E-state index is 13.3. The van der Waals surface area contributed by atoms with E-state index in [0.29, 0.717) is 24.4 Å². The number of sulfonamides is 1. The summed E-state index contributed by atoms with van der Waals surface area (Å²) >= 11 is 2.12. The van der Waals surface area contributed by atoms with Gasteiger partial charge < -0.3 is 5.32 Å². The molecule has 1 N–H and O–H groups in total. The van der Waals surface area contributed by atoms with Crippen molar-refractivity contribution in [1.29, 1.82) is 0 Å². The molecule has 0 saturated carbocycles. The molecule has 2 aromatic heterocycles. The summed E-state index contributed by atoms with van der Waals surface area (Å²) in [4.78, 5) is 12.4. The second-order valence-corrected chi connectivity index (χ2v) is 10.3. The van der Waals surface area contributed by atoms with Gasteiger partial charge in [-0.1, -0.05) is 17.4 Å². The first-order valence-electron chi connectivity index (χ1n) is 8.51. The summed E-state index contributed by atoms with van der Waals surface area (Å²) in [5.41, 5.74) is 0.0772. The van der Waals surface area contributed by atoms with E-state index in [1.807, 2.05) is 0 Å². The third kappa shape index (κ3) is 3.92. The minimum Gasteiger partial charge on any atom is -0.320 e. The van der Waals surface area contributed by atoms with Crippen LogP contribution in [0.15, 0.2) is 39.9 Å². The number of nitrogens with zero attached hydrogens (tertiary/aromatic N) is 3. The third-order valence-electron chi connectivity index (χ3n) is 4.36. The van der Waals surface area contributed by atoms with Crippen molar-refractivity contribution in [3.63, 3.8) is 0 Å². The van der Waals surface area contributed by atoms with E-state index in [4.69, 9.17) is 0 Å². The fraction of sp³-hybridized carbons (Fsp3) is 0.235. The number of benzene rings is 1. The highest BCUT2D eigenvalue weighted by molar-refractivity contribution is 7.91. The summed E-state index contributed by atoms with van der Waals surface area (Å²) in [6, 6.07) is 5.73. The van der Waals surface area contributed by atoms with E-state index in [2.05, 4.69) is 15.5 Å². The monoisotopic (exact) mass is 456 g/mol. The van der Waals surface area contributed by atoms with E-state index in [1.54, 1.807) is 17.5 Å². The lowest BCUT2D eigenvalue weighted by Gasteiger charge is -2.21. The lowest BCUT2D eigenvalue weighted by Crippen LogP contribution is -2.30. The Hall–Kier alpha value is -2.28. The number of aromatic nitrogens is 2. The molecule has 3 aromatic rings. The van der Waals surface area contributed by atoms with Gasteiger partial charge in [-0.2, -0.15) is 4.31 Å². The molecular formula is C17H14F2N4O3S3. The molecule has 1 aromatic carbocycles. The van der Waals surface area contributed by atoms with E-state index in [0.717, 1.165) is 34.8 Å². The standard InChI is InChI=1S/C17H14F2N4O3S3/c18-11-6-5-10(9-12(11)19)20-15(24)17-22-21-16(28-17)13-3-1-7-23(13)29(25,26)14-4-2-8-27-14/h2,4-6,8-9,13H,1,3,7H2,(H,20,24)/t13-/m0/s1. The lowest BCUT2D eigenvalue weighted by molar-refractivity contribution is 0.102. The Labute approximate surface area is 173 Å². The smallest absolute Gasteiger partial charge is 0.286 e. The van der Waals surface area contributed by atoms with Crippen LogP contribution in [0.2, 0.25) is 0 Å². The summed E-state index contributed by atoms with van der Waals surface area (Å²) in [7, 11) is -3.65. The molecule has 0 aliphatic carbocycles. The van der Waals surface area contributed by atoms with Crippen LogP contribution in [0.3, 0.4) is 0 Å². The van der Waals surface area contributed by atoms with Crippen molar-refractivity contribution < 1.29 is 22.0 Å². The molecule has 1 aliphatic rings. The molecule has 12 heteroatoms. The van der Waals surface area contributed by atoms with Gasteiger partial charge in [-0.3, -0.25) is 4.79 Å². The Morgan fingerprint density at radius 3 is 2.76 bits per heavy atom. The highest BCUT2D eigenvalue weighted by Gasteiger charge is 2.38. The van der Waals surface area contributed by atoms with Gasteiger partial charge in [0.25, 0.3) is 15.9 Å². The normalized spacial score (nSPS) is 17.5. The Morgan fingerprint density at radius 2 is 2.03 bits per heavy atom. The van der Waals surface area contributed by atoms with Crippen LogP contribution in [0.4, 0.5) is 14.5 Å². The van der Waals surface area contributed by atoms with E-state index < -0.39 is 33.6 Å². The Kier molecular flexibility index (Phi) is 5.42. The van der Waals surface area contributed by atoms with Crippen LogP contribution in [-0.2, 0) is 10.0 Å². The minimum atomic E-state index is -3.65. The summed E-state index contributed by atoms with van der Waals surface area (Å²) in [6.07, 6.45) is 1.25. The van der Waals surface area contributed by atoms with Crippen molar-refractivity contribution in [3.8, 4) is 0 Å². The van der Waals surface area contributed by atoms with Crippen molar-refractivity contribution in [2.75, 3.05) is 11.9 Å². The summed E-state index contributed by atoms with van der Waals surface area (Å²) < 4.78 is 53.7. The predicted octanol–water partition coefficient (Wildman–Crippen LogP) is 3.66. The van der Waals surface area contributed by atoms with Crippen molar-refractivity contribution in [2.45, 2.75) is 23.1 Å². The minimum absolute atomic E-state index is 0.00473. The predicted molar refractivity (Wildman–Crippen MR) is 104 cm³/mol. The van der Waals surface area contributed by atoms with Crippen molar-refractivity contribution in [2.24, 2.45) is 0 Å². The van der Waals surface area contributed by atoms with Crippen LogP contribution >= 0.6 is 22.7 Å². The molecule has 7 nitrogen and oxygen atoms in total. The second kappa shape index (κ2) is 7.86. The van der Waals surface area contributed by atoms with Crippen molar-refractivity contribution in [3.05, 3.63) is 57.4 Å². The lowest BCUT2D eigenvalue weighted by atomic mass is 10.2. The second-order valence-electron chi connectivity index (χ2n) is 6.23. The van der Waals surface area contributed by atoms with Crippen LogP contribution in [0.1, 0.15) is 33.7 Å². The largest absolute Gasteiger partial charge is 0.320 e. The number of amides is 1. The number of thiophene rings is 1. The fourth-order valence-corrected chi connectivity index (χ4v) is 6.75. The van der Waals surface area contributed by atoms with Gasteiger partial charge in [0.05, 0.1) is 6.04 Å². The van der Waals surface area contributed by atoms with Gasteiger partial charge in [0.1, 0.15) is 9.22 Å². The van der Waals surface area contributed by atoms with E-state index in [1.165, 1.54) is 10.4 Å². The van der Waals surface area contributed by atoms with Gasteiger partial charge in [0, 0.05) is 18.3 Å². The molecule has 0 bridgehead atoms. The van der Waals surface area contributed by atoms with E-state index in [-0.39, 0.29) is 14.9 Å². The maximum absolute atomic E-state index is 13.3. The third-order valence-corrected chi connectivity index (χ3v) is 8.66. The van der Waals surface area contributed by atoms with E-state index in [9.17, 15) is 22.0 Å². The number of rotatable bonds is 5. The maximum Gasteiger partial charge on any atom is 0.286 e. The Balaban J connectivity index is 1.53. The van der Waals surface area contributed by atoms with Gasteiger partial charge >= 0.3 is 0 Å². The van der Waals surface area contributed by atoms with Gasteiger partial charge in [-0.15, -0.1) is 21.5 Å². The number of hydrogen-bond donors (Lipinski definition) is 1.